The number of aromatic nitrogens is 6. The van der Waals surface area contributed by atoms with Crippen LogP contribution < -0.4 is 15.4 Å². The maximum atomic E-state index is 11.2. The van der Waals surface area contributed by atoms with Gasteiger partial charge in [-0.05, 0) is 42.8 Å². The normalized spacial score (nSPS) is 24.0. The van der Waals surface area contributed by atoms with Gasteiger partial charge in [-0.2, -0.15) is 15.5 Å². The molecule has 6 heterocycles. The van der Waals surface area contributed by atoms with E-state index < -0.39 is 23.9 Å². The Morgan fingerprint density at radius 2 is 2.02 bits per heavy atom. The lowest BCUT2D eigenvalue weighted by Crippen LogP contribution is -2.41. The number of ether oxygens (including phenoxy) is 2. The van der Waals surface area contributed by atoms with E-state index in [9.17, 15) is 15.5 Å². The van der Waals surface area contributed by atoms with Crippen molar-refractivity contribution >= 4 is 28.1 Å². The van der Waals surface area contributed by atoms with Crippen LogP contribution in [0, 0.1) is 11.3 Å². The Balaban J connectivity index is 1.19. The van der Waals surface area contributed by atoms with Gasteiger partial charge >= 0.3 is 0 Å². The average molecular weight is 554 g/mol. The van der Waals surface area contributed by atoms with Gasteiger partial charge in [0.15, 0.2) is 5.82 Å². The second-order valence-electron chi connectivity index (χ2n) is 10.3. The molecule has 41 heavy (non-hydrogen) atoms. The predicted octanol–water partition coefficient (Wildman–Crippen LogP) is 1.39. The molecule has 1 aromatic carbocycles. The van der Waals surface area contributed by atoms with Gasteiger partial charge in [-0.15, -0.1) is 0 Å². The maximum absolute atomic E-state index is 11.2. The number of anilines is 2. The van der Waals surface area contributed by atoms with E-state index in [-0.39, 0.29) is 18.1 Å². The molecule has 2 aliphatic heterocycles. The number of rotatable bonds is 6. The van der Waals surface area contributed by atoms with E-state index >= 15 is 0 Å². The summed E-state index contributed by atoms with van der Waals surface area (Å²) in [6.07, 6.45) is 0.123. The molecule has 4 atom stereocenters. The van der Waals surface area contributed by atoms with Crippen LogP contribution in [0.15, 0.2) is 55.0 Å². The highest BCUT2D eigenvalue weighted by Crippen LogP contribution is 2.43. The highest BCUT2D eigenvalue weighted by Gasteiger charge is 2.58. The molecule has 7 rings (SSSR count). The van der Waals surface area contributed by atoms with Crippen molar-refractivity contribution in [2.45, 2.75) is 30.3 Å². The number of benzene rings is 1. The highest BCUT2D eigenvalue weighted by atomic mass is 16.6. The molecule has 2 fully saturated rings. The Labute approximate surface area is 234 Å². The molecule has 13 heteroatoms. The van der Waals surface area contributed by atoms with E-state index in [0.29, 0.717) is 22.5 Å². The molecule has 0 radical (unpaired) electrons. The van der Waals surface area contributed by atoms with Gasteiger partial charge in [-0.3, -0.25) is 4.68 Å². The van der Waals surface area contributed by atoms with Gasteiger partial charge in [0.25, 0.3) is 0 Å². The maximum Gasteiger partial charge on any atom is 0.225 e. The number of hydrogen-bond acceptors (Lipinski definition) is 11. The molecule has 0 spiro atoms. The molecule has 4 N–H and O–H groups in total. The van der Waals surface area contributed by atoms with Gasteiger partial charge in [-0.1, -0.05) is 0 Å². The van der Waals surface area contributed by atoms with Crippen molar-refractivity contribution in [3.05, 3.63) is 60.7 Å². The second kappa shape index (κ2) is 9.41. The molecule has 2 aliphatic rings. The zero-order valence-corrected chi connectivity index (χ0v) is 22.1. The third kappa shape index (κ3) is 3.95. The smallest absolute Gasteiger partial charge is 0.225 e. The lowest BCUT2D eigenvalue weighted by molar-refractivity contribution is -0.0611. The molecule has 0 aliphatic carbocycles. The summed E-state index contributed by atoms with van der Waals surface area (Å²) in [6.45, 7) is 1.87. The zero-order valence-electron chi connectivity index (χ0n) is 22.1. The van der Waals surface area contributed by atoms with Crippen molar-refractivity contribution in [3.8, 4) is 23.1 Å². The van der Waals surface area contributed by atoms with E-state index in [2.05, 4.69) is 26.2 Å². The minimum Gasteiger partial charge on any atom is -0.491 e. The van der Waals surface area contributed by atoms with Gasteiger partial charge in [0, 0.05) is 43.4 Å². The van der Waals surface area contributed by atoms with Crippen LogP contribution in [0.5, 0.6) is 5.75 Å². The third-order valence-corrected chi connectivity index (χ3v) is 7.82. The van der Waals surface area contributed by atoms with Crippen LogP contribution in [0.3, 0.4) is 0 Å². The van der Waals surface area contributed by atoms with Gasteiger partial charge < -0.3 is 30.3 Å². The van der Waals surface area contributed by atoms with Gasteiger partial charge in [0.05, 0.1) is 16.9 Å². The lowest BCUT2D eigenvalue weighted by atomic mass is 9.92. The molecule has 13 nitrogen and oxygen atoms in total. The first kappa shape index (κ1) is 25.2. The summed E-state index contributed by atoms with van der Waals surface area (Å²) >= 11 is 0. The van der Waals surface area contributed by atoms with E-state index in [1.165, 1.54) is 10.8 Å². The first-order chi connectivity index (χ1) is 19.9. The van der Waals surface area contributed by atoms with Crippen LogP contribution in [0.2, 0.25) is 0 Å². The summed E-state index contributed by atoms with van der Waals surface area (Å²) in [4.78, 5) is 11.1. The molecule has 0 saturated carbocycles. The minimum absolute atomic E-state index is 0.119. The second-order valence-corrected chi connectivity index (χ2v) is 10.3. The molecular formula is C28H27N9O4. The number of aliphatic hydroxyl groups is 2. The Morgan fingerprint density at radius 3 is 2.76 bits per heavy atom. The summed E-state index contributed by atoms with van der Waals surface area (Å²) in [5, 5.41) is 42.3. The molecule has 208 valence electrons. The Kier molecular flexibility index (Phi) is 5.79. The van der Waals surface area contributed by atoms with Crippen LogP contribution >= 0.6 is 0 Å². The quantitative estimate of drug-likeness (QED) is 0.277. The number of nitriles is 1. The number of hydrogen-bond donors (Lipinski definition) is 3. The minimum atomic E-state index is -1.97. The summed E-state index contributed by atoms with van der Waals surface area (Å²) in [5.74, 6) is 1.61. The van der Waals surface area contributed by atoms with Crippen molar-refractivity contribution in [1.82, 2.24) is 29.4 Å². The van der Waals surface area contributed by atoms with E-state index in [1.807, 2.05) is 30.3 Å². The number of fused-ring (bicyclic) bond motifs is 2. The number of nitrogens with zero attached hydrogens (tertiary/aromatic N) is 8. The van der Waals surface area contributed by atoms with Crippen molar-refractivity contribution < 1.29 is 19.7 Å². The summed E-state index contributed by atoms with van der Waals surface area (Å²) in [5.41, 5.74) is 6.73. The Bertz CT molecular complexity index is 1820. The molecule has 0 amide bonds. The van der Waals surface area contributed by atoms with Crippen molar-refractivity contribution in [3.63, 3.8) is 0 Å². The Morgan fingerprint density at radius 1 is 1.20 bits per heavy atom. The average Bonchev–Trinajstić information content (AvgIpc) is 3.62. The summed E-state index contributed by atoms with van der Waals surface area (Å²) in [7, 11) is 1.78. The number of pyridine rings is 1. The van der Waals surface area contributed by atoms with Crippen LogP contribution in [-0.4, -0.2) is 77.6 Å². The number of aryl methyl sites for hydroxylation is 1. The van der Waals surface area contributed by atoms with E-state index in [0.717, 1.165) is 36.2 Å². The van der Waals surface area contributed by atoms with Crippen molar-refractivity contribution in [1.29, 1.82) is 5.26 Å². The molecular weight excluding hydrogens is 526 g/mol. The molecule has 5 aromatic rings. The summed E-state index contributed by atoms with van der Waals surface area (Å²) < 4.78 is 15.2. The van der Waals surface area contributed by atoms with Gasteiger partial charge in [0.1, 0.15) is 54.4 Å². The topological polar surface area (TPSA) is 173 Å². The van der Waals surface area contributed by atoms with Gasteiger partial charge in [0.2, 0.25) is 5.60 Å². The fraction of sp³-hybridized carbons (Fsp3) is 0.321. The molecule has 0 unspecified atom stereocenters. The van der Waals surface area contributed by atoms with Crippen LogP contribution in [-0.2, 0) is 17.4 Å². The first-order valence-electron chi connectivity index (χ1n) is 13.2. The number of aliphatic hydroxyl groups excluding tert-OH is 2. The number of nitrogens with two attached hydrogens (primary N) is 1. The SMILES string of the molecule is Cn1ccc(-c2cc([C@]3(C#N)O[C@H](COc4ccc5ccc(N6CCC6)nc5c4)[C@@H](O)[C@H]3O)n3ncnc(N)c23)n1. The zero-order chi connectivity index (χ0) is 28.3. The monoisotopic (exact) mass is 553 g/mol. The van der Waals surface area contributed by atoms with Crippen LogP contribution in [0.25, 0.3) is 27.7 Å². The fourth-order valence-electron chi connectivity index (χ4n) is 5.48. The Hall–Kier alpha value is -4.77. The van der Waals surface area contributed by atoms with Crippen LogP contribution in [0.1, 0.15) is 12.1 Å². The standard InChI is InChI=1S/C28H27N9O4/c1-35-10-7-19(34-35)18-12-22(37-24(18)27(30)31-15-32-37)28(14-29)26(39)25(38)21(41-28)13-40-17-5-3-16-4-6-23(33-20(16)11-17)36-8-2-9-36/h3-7,10-12,15,21,25-26,38-39H,2,8-9,13H2,1H3,(H2,30,31,32)/t21-,25-,26-,28+/m1/s1. The summed E-state index contributed by atoms with van der Waals surface area (Å²) in [6, 6.07) is 15.1. The first-order valence-corrected chi connectivity index (χ1v) is 13.2. The van der Waals surface area contributed by atoms with Gasteiger partial charge in [-0.25, -0.2) is 14.5 Å². The molecule has 2 saturated heterocycles. The van der Waals surface area contributed by atoms with E-state index in [4.69, 9.17) is 20.2 Å². The van der Waals surface area contributed by atoms with Crippen LogP contribution in [0.4, 0.5) is 11.6 Å². The highest BCUT2D eigenvalue weighted by molar-refractivity contribution is 5.87. The largest absolute Gasteiger partial charge is 0.491 e. The van der Waals surface area contributed by atoms with Crippen molar-refractivity contribution in [2.24, 2.45) is 7.05 Å². The van der Waals surface area contributed by atoms with E-state index in [1.54, 1.807) is 30.1 Å². The predicted molar refractivity (Wildman–Crippen MR) is 148 cm³/mol. The van der Waals surface area contributed by atoms with Crippen molar-refractivity contribution in [2.75, 3.05) is 30.3 Å². The lowest BCUT2D eigenvalue weighted by Gasteiger charge is -2.32. The third-order valence-electron chi connectivity index (χ3n) is 7.82. The number of nitrogen functional groups attached to an aromatic ring is 1. The molecule has 0 bridgehead atoms. The molecule has 4 aromatic heterocycles. The fourth-order valence-corrected chi connectivity index (χ4v) is 5.48.